The molecule has 3 nitrogen and oxygen atoms in total. The largest absolute Gasteiger partial charge is 0.477 e. The number of carbonyl (C=O) groups is 1. The van der Waals surface area contributed by atoms with E-state index in [1.807, 2.05) is 13.3 Å². The molecular formula is C9H10NO2. The third-order valence-electron chi connectivity index (χ3n) is 1.29. The van der Waals surface area contributed by atoms with Gasteiger partial charge in [0.15, 0.2) is 6.29 Å². The second-order valence-electron chi connectivity index (χ2n) is 2.27. The van der Waals surface area contributed by atoms with Crippen LogP contribution in [0.2, 0.25) is 0 Å². The molecule has 0 aromatic carbocycles. The lowest BCUT2D eigenvalue weighted by Crippen LogP contribution is -1.97. The fraction of sp³-hybridized carbons (Fsp3) is 0.222. The van der Waals surface area contributed by atoms with E-state index >= 15 is 0 Å². The highest BCUT2D eigenvalue weighted by Gasteiger charge is 1.93. The Hall–Kier alpha value is -1.38. The number of hydrogen-bond donors (Lipinski definition) is 0. The minimum Gasteiger partial charge on any atom is -0.477 e. The van der Waals surface area contributed by atoms with E-state index in [2.05, 4.69) is 4.98 Å². The second-order valence-corrected chi connectivity index (χ2v) is 2.27. The summed E-state index contributed by atoms with van der Waals surface area (Å²) >= 11 is 0. The molecule has 0 unspecified atom stereocenters. The monoisotopic (exact) mass is 164 g/mol. The van der Waals surface area contributed by atoms with Crippen molar-refractivity contribution in [3.8, 4) is 5.88 Å². The van der Waals surface area contributed by atoms with Gasteiger partial charge in [0.2, 0.25) is 5.88 Å². The lowest BCUT2D eigenvalue weighted by Gasteiger charge is -2.01. The summed E-state index contributed by atoms with van der Waals surface area (Å²) < 4.78 is 5.17. The van der Waals surface area contributed by atoms with E-state index in [0.717, 1.165) is 6.29 Å². The normalized spacial score (nSPS) is 9.42. The van der Waals surface area contributed by atoms with Gasteiger partial charge >= 0.3 is 0 Å². The maximum Gasteiger partial charge on any atom is 0.213 e. The molecule has 0 fully saturated rings. The fourth-order valence-corrected chi connectivity index (χ4v) is 0.716. The van der Waals surface area contributed by atoms with Crippen LogP contribution in [0, 0.1) is 6.42 Å². The van der Waals surface area contributed by atoms with Crippen LogP contribution in [0.4, 0.5) is 0 Å². The third-order valence-corrected chi connectivity index (χ3v) is 1.29. The van der Waals surface area contributed by atoms with Crippen molar-refractivity contribution in [3.05, 3.63) is 30.3 Å². The summed E-state index contributed by atoms with van der Waals surface area (Å²) in [6.07, 6.45) is 4.12. The maximum atomic E-state index is 10.2. The molecule has 1 rings (SSSR count). The van der Waals surface area contributed by atoms with Gasteiger partial charge in [0.1, 0.15) is 0 Å². The molecular weight excluding hydrogens is 154 g/mol. The van der Waals surface area contributed by atoms with Crippen molar-refractivity contribution in [1.82, 2.24) is 4.98 Å². The van der Waals surface area contributed by atoms with Gasteiger partial charge < -0.3 is 4.74 Å². The van der Waals surface area contributed by atoms with Gasteiger partial charge in [-0.05, 0) is 12.5 Å². The molecule has 1 aromatic heterocycles. The Bertz CT molecular complexity index is 243. The summed E-state index contributed by atoms with van der Waals surface area (Å²) in [5.74, 6) is 0.540. The molecule has 12 heavy (non-hydrogen) atoms. The van der Waals surface area contributed by atoms with Gasteiger partial charge in [0.05, 0.1) is 6.61 Å². The SMILES string of the molecule is C[CH]COc1ccc(C=O)cn1. The minimum absolute atomic E-state index is 0.535. The predicted molar refractivity (Wildman–Crippen MR) is 45.1 cm³/mol. The quantitative estimate of drug-likeness (QED) is 0.633. The van der Waals surface area contributed by atoms with Crippen molar-refractivity contribution in [2.45, 2.75) is 6.92 Å². The average Bonchev–Trinajstić information content (AvgIpc) is 2.15. The molecule has 0 saturated carbocycles. The van der Waals surface area contributed by atoms with Crippen LogP contribution >= 0.6 is 0 Å². The van der Waals surface area contributed by atoms with Crippen LogP contribution in [0.5, 0.6) is 5.88 Å². The first kappa shape index (κ1) is 8.71. The Balaban J connectivity index is 2.58. The van der Waals surface area contributed by atoms with Gasteiger partial charge in [-0.25, -0.2) is 4.98 Å². The van der Waals surface area contributed by atoms with E-state index in [-0.39, 0.29) is 0 Å². The molecule has 1 radical (unpaired) electrons. The van der Waals surface area contributed by atoms with Crippen LogP contribution in [0.3, 0.4) is 0 Å². The molecule has 0 amide bonds. The molecule has 1 aromatic rings. The average molecular weight is 164 g/mol. The zero-order chi connectivity index (χ0) is 8.81. The van der Waals surface area contributed by atoms with Gasteiger partial charge in [-0.1, -0.05) is 6.92 Å². The number of hydrogen-bond acceptors (Lipinski definition) is 3. The van der Waals surface area contributed by atoms with E-state index in [1.165, 1.54) is 6.20 Å². The molecule has 0 atom stereocenters. The lowest BCUT2D eigenvalue weighted by molar-refractivity contribution is 0.112. The van der Waals surface area contributed by atoms with Crippen LogP contribution in [0.15, 0.2) is 18.3 Å². The first-order chi connectivity index (χ1) is 5.86. The summed E-state index contributed by atoms with van der Waals surface area (Å²) in [6.45, 7) is 2.44. The van der Waals surface area contributed by atoms with Crippen molar-refractivity contribution < 1.29 is 9.53 Å². The zero-order valence-corrected chi connectivity index (χ0v) is 6.86. The van der Waals surface area contributed by atoms with E-state index in [0.29, 0.717) is 18.1 Å². The Labute approximate surface area is 71.4 Å². The first-order valence-corrected chi connectivity index (χ1v) is 3.68. The van der Waals surface area contributed by atoms with Crippen LogP contribution < -0.4 is 4.74 Å². The first-order valence-electron chi connectivity index (χ1n) is 3.68. The summed E-state index contributed by atoms with van der Waals surface area (Å²) in [7, 11) is 0. The molecule has 0 bridgehead atoms. The van der Waals surface area contributed by atoms with Gasteiger partial charge in [0, 0.05) is 17.8 Å². The number of carbonyl (C=O) groups excluding carboxylic acids is 1. The molecule has 1 heterocycles. The highest BCUT2D eigenvalue weighted by Crippen LogP contribution is 2.05. The molecule has 0 spiro atoms. The Morgan fingerprint density at radius 2 is 2.42 bits per heavy atom. The number of rotatable bonds is 4. The molecule has 0 aliphatic rings. The van der Waals surface area contributed by atoms with Crippen LogP contribution in [-0.4, -0.2) is 17.9 Å². The summed E-state index contributed by atoms with van der Waals surface area (Å²) in [6, 6.07) is 3.35. The van der Waals surface area contributed by atoms with E-state index in [4.69, 9.17) is 4.74 Å². The molecule has 0 aliphatic carbocycles. The zero-order valence-electron chi connectivity index (χ0n) is 6.86. The topological polar surface area (TPSA) is 39.2 Å². The number of ether oxygens (including phenoxy) is 1. The predicted octanol–water partition coefficient (Wildman–Crippen LogP) is 1.50. The van der Waals surface area contributed by atoms with Crippen molar-refractivity contribution in [2.24, 2.45) is 0 Å². The molecule has 0 aliphatic heterocycles. The smallest absolute Gasteiger partial charge is 0.213 e. The molecule has 0 N–H and O–H groups in total. The summed E-state index contributed by atoms with van der Waals surface area (Å²) in [5, 5.41) is 0. The standard InChI is InChI=1S/C9H10NO2/c1-2-5-12-9-4-3-8(7-11)6-10-9/h2-4,6-7H,5H2,1H3. The van der Waals surface area contributed by atoms with Crippen molar-refractivity contribution in [1.29, 1.82) is 0 Å². The Morgan fingerprint density at radius 3 is 2.92 bits per heavy atom. The number of aldehydes is 1. The van der Waals surface area contributed by atoms with Crippen LogP contribution in [0.25, 0.3) is 0 Å². The molecule has 3 heteroatoms. The minimum atomic E-state index is 0.535. The van der Waals surface area contributed by atoms with Gasteiger partial charge in [-0.3, -0.25) is 4.79 Å². The van der Waals surface area contributed by atoms with E-state index in [9.17, 15) is 4.79 Å². The van der Waals surface area contributed by atoms with Crippen LogP contribution in [0.1, 0.15) is 17.3 Å². The van der Waals surface area contributed by atoms with Crippen molar-refractivity contribution in [3.63, 3.8) is 0 Å². The van der Waals surface area contributed by atoms with E-state index in [1.54, 1.807) is 12.1 Å². The van der Waals surface area contributed by atoms with Crippen molar-refractivity contribution >= 4 is 6.29 Å². The summed E-state index contributed by atoms with van der Waals surface area (Å²) in [4.78, 5) is 14.2. The summed E-state index contributed by atoms with van der Waals surface area (Å²) in [5.41, 5.74) is 0.558. The second kappa shape index (κ2) is 4.49. The number of pyridine rings is 1. The fourth-order valence-electron chi connectivity index (χ4n) is 0.716. The van der Waals surface area contributed by atoms with Crippen LogP contribution in [-0.2, 0) is 0 Å². The molecule has 0 saturated heterocycles. The van der Waals surface area contributed by atoms with Gasteiger partial charge in [-0.2, -0.15) is 0 Å². The highest BCUT2D eigenvalue weighted by atomic mass is 16.5. The lowest BCUT2D eigenvalue weighted by atomic mass is 10.3. The maximum absolute atomic E-state index is 10.2. The highest BCUT2D eigenvalue weighted by molar-refractivity contribution is 5.73. The Kier molecular flexibility index (Phi) is 3.26. The van der Waals surface area contributed by atoms with Crippen molar-refractivity contribution in [2.75, 3.05) is 6.61 Å². The Morgan fingerprint density at radius 1 is 1.58 bits per heavy atom. The van der Waals surface area contributed by atoms with Gasteiger partial charge in [0.25, 0.3) is 0 Å². The van der Waals surface area contributed by atoms with E-state index < -0.39 is 0 Å². The molecule has 63 valence electrons. The third kappa shape index (κ3) is 2.34. The number of aromatic nitrogens is 1. The number of nitrogens with zero attached hydrogens (tertiary/aromatic N) is 1. The van der Waals surface area contributed by atoms with Gasteiger partial charge in [-0.15, -0.1) is 0 Å².